The number of imidazole rings is 1. The van der Waals surface area contributed by atoms with Crippen LogP contribution in [-0.2, 0) is 27.2 Å². The van der Waals surface area contributed by atoms with Crippen molar-refractivity contribution < 1.29 is 39.9 Å². The number of amides is 1. The van der Waals surface area contributed by atoms with Crippen LogP contribution in [-0.4, -0.2) is 53.4 Å². The van der Waals surface area contributed by atoms with E-state index in [2.05, 4.69) is 0 Å². The summed E-state index contributed by atoms with van der Waals surface area (Å²) in [5.74, 6) is -1.77. The summed E-state index contributed by atoms with van der Waals surface area (Å²) in [4.78, 5) is 20.1. The number of nitrogens with zero attached hydrogens (tertiary/aromatic N) is 3. The lowest BCUT2D eigenvalue weighted by Crippen LogP contribution is -2.41. The summed E-state index contributed by atoms with van der Waals surface area (Å²) in [6, 6.07) is 12.9. The maximum atomic E-state index is 14.3. The largest absolute Gasteiger partial charge is 0.494 e. The average molecular weight is 650 g/mol. The van der Waals surface area contributed by atoms with Gasteiger partial charge in [-0.05, 0) is 86.7 Å². The van der Waals surface area contributed by atoms with Crippen LogP contribution in [0.25, 0.3) is 16.7 Å². The van der Waals surface area contributed by atoms with Crippen molar-refractivity contribution in [1.29, 1.82) is 0 Å². The Morgan fingerprint density at radius 3 is 2.38 bits per heavy atom. The van der Waals surface area contributed by atoms with Gasteiger partial charge in [0.15, 0.2) is 0 Å². The maximum absolute atomic E-state index is 14.3. The lowest BCUT2D eigenvalue weighted by molar-refractivity contribution is -0.140. The van der Waals surface area contributed by atoms with Crippen LogP contribution in [0.4, 0.5) is 22.0 Å². The highest BCUT2D eigenvalue weighted by Gasteiger charge is 2.35. The Kier molecular flexibility index (Phi) is 9.20. The highest BCUT2D eigenvalue weighted by molar-refractivity contribution is 7.91. The van der Waals surface area contributed by atoms with Crippen molar-refractivity contribution in [2.24, 2.45) is 5.92 Å². The summed E-state index contributed by atoms with van der Waals surface area (Å²) >= 11 is 0. The normalized spacial score (nSPS) is 16.1. The van der Waals surface area contributed by atoms with Crippen LogP contribution in [0.2, 0.25) is 0 Å². The van der Waals surface area contributed by atoms with E-state index in [1.54, 1.807) is 41.8 Å². The first-order chi connectivity index (χ1) is 21.3. The average Bonchev–Trinajstić information content (AvgIpc) is 3.36. The number of ether oxygens (including phenoxy) is 1. The molecule has 13 heteroatoms. The van der Waals surface area contributed by atoms with Gasteiger partial charge in [-0.15, -0.1) is 0 Å². The molecular weight excluding hydrogens is 617 g/mol. The van der Waals surface area contributed by atoms with E-state index >= 15 is 0 Å². The molecule has 1 aliphatic rings. The lowest BCUT2D eigenvalue weighted by atomic mass is 10.00. The second kappa shape index (κ2) is 12.8. The molecule has 1 fully saturated rings. The van der Waals surface area contributed by atoms with Gasteiger partial charge in [-0.3, -0.25) is 9.36 Å². The standard InChI is InChI=1S/C32H32F5N3O4S/c1-3-44-25-8-6-24(7-9-25)40-29-11-5-23(33)18-28(29)38-31(40)20(2)39(19-21-12-14-45(42,43)15-13-21)30(41)17-22-4-10-27(34)26(16-22)32(35,36)37/h4-11,16,18,20-21H,3,12-15,17,19H2,1-2H3/t20-/m1/s1. The number of alkyl halides is 3. The summed E-state index contributed by atoms with van der Waals surface area (Å²) in [5, 5.41) is 0. The number of sulfone groups is 1. The molecule has 7 nitrogen and oxygen atoms in total. The first-order valence-corrected chi connectivity index (χ1v) is 16.3. The van der Waals surface area contributed by atoms with E-state index in [1.165, 1.54) is 17.0 Å². The third kappa shape index (κ3) is 7.29. The van der Waals surface area contributed by atoms with Gasteiger partial charge in [0.2, 0.25) is 5.91 Å². The van der Waals surface area contributed by atoms with Crippen LogP contribution in [0.3, 0.4) is 0 Å². The van der Waals surface area contributed by atoms with Gasteiger partial charge in [-0.2, -0.15) is 13.2 Å². The van der Waals surface area contributed by atoms with Gasteiger partial charge in [-0.1, -0.05) is 6.07 Å². The van der Waals surface area contributed by atoms with Crippen LogP contribution in [0.15, 0.2) is 60.7 Å². The monoisotopic (exact) mass is 649 g/mol. The van der Waals surface area contributed by atoms with Gasteiger partial charge >= 0.3 is 6.18 Å². The third-order valence-electron chi connectivity index (χ3n) is 8.03. The summed E-state index contributed by atoms with van der Waals surface area (Å²) in [6.07, 6.45) is -4.78. The van der Waals surface area contributed by atoms with Crippen LogP contribution >= 0.6 is 0 Å². The van der Waals surface area contributed by atoms with Crippen molar-refractivity contribution in [2.75, 3.05) is 24.7 Å². The van der Waals surface area contributed by atoms with E-state index in [0.29, 0.717) is 59.9 Å². The number of carbonyl (C=O) groups excluding carboxylic acids is 1. The quantitative estimate of drug-likeness (QED) is 0.189. The molecular formula is C32H32F5N3O4S. The highest BCUT2D eigenvalue weighted by Crippen LogP contribution is 2.34. The van der Waals surface area contributed by atoms with Crippen molar-refractivity contribution in [2.45, 2.75) is 45.3 Å². The fourth-order valence-electron chi connectivity index (χ4n) is 5.67. The van der Waals surface area contributed by atoms with Crippen LogP contribution in [0.5, 0.6) is 5.75 Å². The van der Waals surface area contributed by atoms with Gasteiger partial charge in [0.05, 0.1) is 47.2 Å². The summed E-state index contributed by atoms with van der Waals surface area (Å²) in [6.45, 7) is 4.15. The van der Waals surface area contributed by atoms with E-state index in [0.717, 1.165) is 6.07 Å². The summed E-state index contributed by atoms with van der Waals surface area (Å²) in [5.41, 5.74) is 0.0459. The van der Waals surface area contributed by atoms with Crippen molar-refractivity contribution >= 4 is 26.8 Å². The molecule has 0 aliphatic carbocycles. The first-order valence-electron chi connectivity index (χ1n) is 14.5. The fourth-order valence-corrected chi connectivity index (χ4v) is 7.26. The van der Waals surface area contributed by atoms with Crippen LogP contribution < -0.4 is 4.74 Å². The zero-order chi connectivity index (χ0) is 32.5. The van der Waals surface area contributed by atoms with E-state index < -0.39 is 51.6 Å². The molecule has 1 amide bonds. The molecule has 0 radical (unpaired) electrons. The molecule has 240 valence electrons. The minimum absolute atomic E-state index is 0.0285. The van der Waals surface area contributed by atoms with Crippen molar-refractivity contribution in [3.8, 4) is 11.4 Å². The molecule has 1 saturated heterocycles. The predicted octanol–water partition coefficient (Wildman–Crippen LogP) is 6.68. The number of hydrogen-bond donors (Lipinski definition) is 0. The Labute approximate surface area is 257 Å². The minimum atomic E-state index is -4.94. The topological polar surface area (TPSA) is 81.5 Å². The van der Waals surface area contributed by atoms with E-state index in [9.17, 15) is 35.2 Å². The lowest BCUT2D eigenvalue weighted by Gasteiger charge is -2.34. The first kappa shape index (κ1) is 32.4. The zero-order valence-electron chi connectivity index (χ0n) is 24.7. The Bertz CT molecular complexity index is 1790. The molecule has 5 rings (SSSR count). The van der Waals surface area contributed by atoms with Crippen molar-refractivity contribution in [1.82, 2.24) is 14.5 Å². The molecule has 1 aromatic heterocycles. The van der Waals surface area contributed by atoms with Gasteiger partial charge in [0.25, 0.3) is 0 Å². The van der Waals surface area contributed by atoms with Gasteiger partial charge in [0, 0.05) is 18.3 Å². The van der Waals surface area contributed by atoms with Gasteiger partial charge < -0.3 is 9.64 Å². The molecule has 0 saturated carbocycles. The Balaban J connectivity index is 1.56. The van der Waals surface area contributed by atoms with Gasteiger partial charge in [0.1, 0.15) is 33.0 Å². The second-order valence-electron chi connectivity index (χ2n) is 11.2. The smallest absolute Gasteiger partial charge is 0.419 e. The number of fused-ring (bicyclic) bond motifs is 1. The van der Waals surface area contributed by atoms with Crippen LogP contribution in [0, 0.1) is 17.6 Å². The molecule has 0 spiro atoms. The number of hydrogen-bond acceptors (Lipinski definition) is 5. The fraction of sp³-hybridized carbons (Fsp3) is 0.375. The van der Waals surface area contributed by atoms with E-state index in [1.807, 2.05) is 6.92 Å². The predicted molar refractivity (Wildman–Crippen MR) is 159 cm³/mol. The number of halogens is 5. The number of rotatable bonds is 9. The molecule has 1 aliphatic heterocycles. The summed E-state index contributed by atoms with van der Waals surface area (Å²) < 4.78 is 100. The SMILES string of the molecule is CCOc1ccc(-n2c([C@@H](C)N(CC3CCS(=O)(=O)CC3)C(=O)Cc3ccc(F)c(C(F)(F)F)c3)nc3cc(F)ccc32)cc1. The zero-order valence-corrected chi connectivity index (χ0v) is 25.5. The highest BCUT2D eigenvalue weighted by atomic mass is 32.2. The second-order valence-corrected chi connectivity index (χ2v) is 13.5. The van der Waals surface area contributed by atoms with Crippen molar-refractivity contribution in [3.05, 3.63) is 89.2 Å². The van der Waals surface area contributed by atoms with E-state index in [4.69, 9.17) is 9.72 Å². The van der Waals surface area contributed by atoms with Gasteiger partial charge in [-0.25, -0.2) is 22.2 Å². The molecule has 2 heterocycles. The Hall–Kier alpha value is -4.00. The summed E-state index contributed by atoms with van der Waals surface area (Å²) in [7, 11) is -3.20. The molecule has 0 N–H and O–H groups in total. The molecule has 3 aromatic carbocycles. The number of carbonyl (C=O) groups is 1. The molecule has 4 aromatic rings. The number of aromatic nitrogens is 2. The third-order valence-corrected chi connectivity index (χ3v) is 9.75. The maximum Gasteiger partial charge on any atom is 0.419 e. The Morgan fingerprint density at radius 1 is 1.04 bits per heavy atom. The van der Waals surface area contributed by atoms with E-state index in [-0.39, 0.29) is 29.5 Å². The number of benzene rings is 3. The minimum Gasteiger partial charge on any atom is -0.494 e. The Morgan fingerprint density at radius 2 is 1.73 bits per heavy atom. The molecule has 45 heavy (non-hydrogen) atoms. The molecule has 0 unspecified atom stereocenters. The molecule has 1 atom stereocenters. The van der Waals surface area contributed by atoms with Crippen LogP contribution in [0.1, 0.15) is 49.7 Å². The molecule has 0 bridgehead atoms. The van der Waals surface area contributed by atoms with Crippen molar-refractivity contribution in [3.63, 3.8) is 0 Å².